The Morgan fingerprint density at radius 2 is 1.86 bits per heavy atom. The summed E-state index contributed by atoms with van der Waals surface area (Å²) in [5, 5.41) is 9.15. The smallest absolute Gasteiger partial charge is 0.321 e. The normalized spacial score (nSPS) is 13.6. The van der Waals surface area contributed by atoms with Gasteiger partial charge in [0.15, 0.2) is 0 Å². The Morgan fingerprint density at radius 1 is 1.24 bits per heavy atom. The van der Waals surface area contributed by atoms with Gasteiger partial charge in [0.05, 0.1) is 4.90 Å². The van der Waals surface area contributed by atoms with Crippen LogP contribution in [0.1, 0.15) is 45.6 Å². The monoisotopic (exact) mass is 313 g/mol. The molecule has 1 aromatic carbocycles. The van der Waals surface area contributed by atoms with Gasteiger partial charge in [-0.05, 0) is 36.0 Å². The van der Waals surface area contributed by atoms with Gasteiger partial charge in [-0.3, -0.25) is 4.79 Å². The van der Waals surface area contributed by atoms with E-state index in [-0.39, 0.29) is 23.2 Å². The van der Waals surface area contributed by atoms with Crippen molar-refractivity contribution in [3.63, 3.8) is 0 Å². The Bertz CT molecular complexity index is 593. The van der Waals surface area contributed by atoms with E-state index in [1.165, 1.54) is 6.07 Å². The standard InChI is InChI=1S/C15H23NO4S/c1-10(2)8-14(15(17)18)16-21(19,20)13-7-5-6-12(9-13)11(3)4/h5-7,9-11,14,16H,8H2,1-4H3,(H,17,18)/t14-/m0/s1. The quantitative estimate of drug-likeness (QED) is 0.810. The minimum atomic E-state index is -3.84. The number of rotatable bonds is 7. The van der Waals surface area contributed by atoms with E-state index >= 15 is 0 Å². The number of carboxylic acids is 1. The van der Waals surface area contributed by atoms with E-state index < -0.39 is 22.0 Å². The van der Waals surface area contributed by atoms with Crippen LogP contribution in [0.4, 0.5) is 0 Å². The minimum absolute atomic E-state index is 0.0794. The predicted octanol–water partition coefficient (Wildman–Crippen LogP) is 2.59. The highest BCUT2D eigenvalue weighted by molar-refractivity contribution is 7.89. The van der Waals surface area contributed by atoms with Crippen molar-refractivity contribution < 1.29 is 18.3 Å². The fraction of sp³-hybridized carbons (Fsp3) is 0.533. The maximum Gasteiger partial charge on any atom is 0.321 e. The van der Waals surface area contributed by atoms with E-state index in [9.17, 15) is 13.2 Å². The second kappa shape index (κ2) is 7.04. The maximum atomic E-state index is 12.3. The van der Waals surface area contributed by atoms with Crippen LogP contribution in [0.25, 0.3) is 0 Å². The van der Waals surface area contributed by atoms with Gasteiger partial charge in [-0.1, -0.05) is 39.8 Å². The highest BCUT2D eigenvalue weighted by Crippen LogP contribution is 2.19. The lowest BCUT2D eigenvalue weighted by atomic mass is 10.0. The Labute approximate surface area is 126 Å². The topological polar surface area (TPSA) is 83.5 Å². The molecule has 6 heteroatoms. The summed E-state index contributed by atoms with van der Waals surface area (Å²) in [6.45, 7) is 7.64. The molecular weight excluding hydrogens is 290 g/mol. The van der Waals surface area contributed by atoms with E-state index in [2.05, 4.69) is 4.72 Å². The first kappa shape index (κ1) is 17.7. The van der Waals surface area contributed by atoms with Crippen molar-refractivity contribution in [1.29, 1.82) is 0 Å². The largest absolute Gasteiger partial charge is 0.480 e. The number of nitrogens with one attached hydrogen (secondary N) is 1. The zero-order valence-corrected chi connectivity index (χ0v) is 13.6. The van der Waals surface area contributed by atoms with Crippen molar-refractivity contribution in [2.75, 3.05) is 0 Å². The van der Waals surface area contributed by atoms with E-state index in [1.807, 2.05) is 33.8 Å². The first-order chi connectivity index (χ1) is 9.63. The Balaban J connectivity index is 3.04. The number of hydrogen-bond donors (Lipinski definition) is 2. The first-order valence-electron chi connectivity index (χ1n) is 6.98. The second-order valence-corrected chi connectivity index (χ2v) is 7.58. The molecule has 5 nitrogen and oxygen atoms in total. The number of sulfonamides is 1. The molecular formula is C15H23NO4S. The molecule has 0 heterocycles. The van der Waals surface area contributed by atoms with Gasteiger partial charge in [0.25, 0.3) is 0 Å². The van der Waals surface area contributed by atoms with Crippen LogP contribution in [-0.2, 0) is 14.8 Å². The number of aliphatic carboxylic acids is 1. The third-order valence-corrected chi connectivity index (χ3v) is 4.61. The fourth-order valence-corrected chi connectivity index (χ4v) is 3.22. The Hall–Kier alpha value is -1.40. The lowest BCUT2D eigenvalue weighted by molar-refractivity contribution is -0.139. The van der Waals surface area contributed by atoms with Gasteiger partial charge in [-0.2, -0.15) is 4.72 Å². The molecule has 0 aliphatic rings. The summed E-state index contributed by atoms with van der Waals surface area (Å²) in [5.74, 6) is -0.880. The summed E-state index contributed by atoms with van der Waals surface area (Å²) >= 11 is 0. The van der Waals surface area contributed by atoms with Gasteiger partial charge in [-0.15, -0.1) is 0 Å². The van der Waals surface area contributed by atoms with Crippen molar-refractivity contribution in [2.24, 2.45) is 5.92 Å². The number of carbonyl (C=O) groups is 1. The molecule has 0 aliphatic carbocycles. The highest BCUT2D eigenvalue weighted by atomic mass is 32.2. The molecule has 0 fully saturated rings. The molecule has 0 unspecified atom stereocenters. The fourth-order valence-electron chi connectivity index (χ4n) is 1.97. The van der Waals surface area contributed by atoms with Crippen LogP contribution >= 0.6 is 0 Å². The highest BCUT2D eigenvalue weighted by Gasteiger charge is 2.26. The molecule has 1 atom stereocenters. The van der Waals surface area contributed by atoms with Crippen molar-refractivity contribution in [3.8, 4) is 0 Å². The maximum absolute atomic E-state index is 12.3. The Morgan fingerprint density at radius 3 is 2.33 bits per heavy atom. The second-order valence-electron chi connectivity index (χ2n) is 5.87. The van der Waals surface area contributed by atoms with Gasteiger partial charge in [0, 0.05) is 0 Å². The molecule has 21 heavy (non-hydrogen) atoms. The van der Waals surface area contributed by atoms with Gasteiger partial charge >= 0.3 is 5.97 Å². The molecule has 2 N–H and O–H groups in total. The SMILES string of the molecule is CC(C)C[C@H](NS(=O)(=O)c1cccc(C(C)C)c1)C(=O)O. The summed E-state index contributed by atoms with van der Waals surface area (Å²) in [4.78, 5) is 11.3. The summed E-state index contributed by atoms with van der Waals surface area (Å²) in [6, 6.07) is 5.47. The first-order valence-corrected chi connectivity index (χ1v) is 8.47. The summed E-state index contributed by atoms with van der Waals surface area (Å²) in [5.41, 5.74) is 0.897. The van der Waals surface area contributed by atoms with Crippen LogP contribution in [0.3, 0.4) is 0 Å². The molecule has 0 aliphatic heterocycles. The van der Waals surface area contributed by atoms with E-state index in [0.29, 0.717) is 0 Å². The zero-order valence-electron chi connectivity index (χ0n) is 12.8. The van der Waals surface area contributed by atoms with E-state index in [4.69, 9.17) is 5.11 Å². The third-order valence-electron chi connectivity index (χ3n) is 3.14. The molecule has 0 saturated carbocycles. The lowest BCUT2D eigenvalue weighted by Gasteiger charge is -2.17. The summed E-state index contributed by atoms with van der Waals surface area (Å²) < 4.78 is 26.9. The molecule has 0 saturated heterocycles. The molecule has 1 rings (SSSR count). The van der Waals surface area contributed by atoms with Crippen LogP contribution in [0.15, 0.2) is 29.2 Å². The molecule has 0 radical (unpaired) electrons. The van der Waals surface area contributed by atoms with Crippen LogP contribution in [0.5, 0.6) is 0 Å². The summed E-state index contributed by atoms with van der Waals surface area (Å²) in [6.07, 6.45) is 0.248. The van der Waals surface area contributed by atoms with Gasteiger partial charge < -0.3 is 5.11 Å². The molecule has 0 spiro atoms. The van der Waals surface area contributed by atoms with Crippen molar-refractivity contribution >= 4 is 16.0 Å². The van der Waals surface area contributed by atoms with Crippen LogP contribution < -0.4 is 4.72 Å². The van der Waals surface area contributed by atoms with Crippen molar-refractivity contribution in [1.82, 2.24) is 4.72 Å². The van der Waals surface area contributed by atoms with Crippen LogP contribution in [0, 0.1) is 5.92 Å². The van der Waals surface area contributed by atoms with Crippen molar-refractivity contribution in [2.45, 2.75) is 51.0 Å². The lowest BCUT2D eigenvalue weighted by Crippen LogP contribution is -2.41. The Kier molecular flexibility index (Phi) is 5.92. The van der Waals surface area contributed by atoms with E-state index in [0.717, 1.165) is 5.56 Å². The van der Waals surface area contributed by atoms with Crippen LogP contribution in [-0.4, -0.2) is 25.5 Å². The van der Waals surface area contributed by atoms with Gasteiger partial charge in [0.2, 0.25) is 10.0 Å². The molecule has 1 aromatic rings. The summed E-state index contributed by atoms with van der Waals surface area (Å²) in [7, 11) is -3.84. The average molecular weight is 313 g/mol. The van der Waals surface area contributed by atoms with Gasteiger partial charge in [-0.25, -0.2) is 8.42 Å². The van der Waals surface area contributed by atoms with Crippen molar-refractivity contribution in [3.05, 3.63) is 29.8 Å². The zero-order chi connectivity index (χ0) is 16.2. The molecule has 0 bridgehead atoms. The average Bonchev–Trinajstić information content (AvgIpc) is 2.37. The minimum Gasteiger partial charge on any atom is -0.480 e. The van der Waals surface area contributed by atoms with Crippen LogP contribution in [0.2, 0.25) is 0 Å². The predicted molar refractivity (Wildman–Crippen MR) is 81.7 cm³/mol. The van der Waals surface area contributed by atoms with Gasteiger partial charge in [0.1, 0.15) is 6.04 Å². The third kappa shape index (κ3) is 5.13. The number of carboxylic acid groups (broad SMARTS) is 1. The number of hydrogen-bond acceptors (Lipinski definition) is 3. The number of benzene rings is 1. The molecule has 0 aromatic heterocycles. The van der Waals surface area contributed by atoms with E-state index in [1.54, 1.807) is 12.1 Å². The molecule has 0 amide bonds. The molecule has 118 valence electrons.